The highest BCUT2D eigenvalue weighted by atomic mass is 35.5. The van der Waals surface area contributed by atoms with E-state index in [1.165, 1.54) is 25.3 Å². The van der Waals surface area contributed by atoms with E-state index in [-0.39, 0.29) is 17.0 Å². The van der Waals surface area contributed by atoms with Crippen LogP contribution >= 0.6 is 11.6 Å². The Hall–Kier alpha value is -3.21. The van der Waals surface area contributed by atoms with Gasteiger partial charge in [0.25, 0.3) is 15.9 Å². The Morgan fingerprint density at radius 3 is 2.14 bits per heavy atom. The van der Waals surface area contributed by atoms with Crippen LogP contribution in [0.5, 0.6) is 0 Å². The van der Waals surface area contributed by atoms with Crippen molar-refractivity contribution in [3.05, 3.63) is 65.2 Å². The summed E-state index contributed by atoms with van der Waals surface area (Å²) in [6.07, 6.45) is 5.38. The van der Waals surface area contributed by atoms with Gasteiger partial charge in [0.15, 0.2) is 0 Å². The lowest BCUT2D eigenvalue weighted by Gasteiger charge is -2.27. The maximum Gasteiger partial charge on any atom is 0.328 e. The molecule has 0 saturated carbocycles. The monoisotopic (exact) mass is 534 g/mol. The summed E-state index contributed by atoms with van der Waals surface area (Å²) in [5, 5.41) is 15.9. The molecule has 2 N–H and O–H groups in total. The molecular weight excluding hydrogens is 508 g/mol. The first-order valence-electron chi connectivity index (χ1n) is 11.4. The largest absolute Gasteiger partial charge is 0.478 e. The highest BCUT2D eigenvalue weighted by Gasteiger charge is 2.43. The van der Waals surface area contributed by atoms with E-state index in [9.17, 15) is 22.8 Å². The zero-order valence-corrected chi connectivity index (χ0v) is 21.0. The average Bonchev–Trinajstić information content (AvgIpc) is 3.04. The van der Waals surface area contributed by atoms with Gasteiger partial charge in [-0.15, -0.1) is 0 Å². The molecule has 1 amide bonds. The highest BCUT2D eigenvalue weighted by molar-refractivity contribution is 7.90. The molecule has 1 fully saturated rings. The van der Waals surface area contributed by atoms with Crippen molar-refractivity contribution in [3.8, 4) is 11.1 Å². The Kier molecular flexibility index (Phi) is 9.25. The predicted molar refractivity (Wildman–Crippen MR) is 134 cm³/mol. The molecule has 1 saturated heterocycles. The smallest absolute Gasteiger partial charge is 0.328 e. The minimum absolute atomic E-state index is 0.0156. The van der Waals surface area contributed by atoms with Gasteiger partial charge in [-0.2, -0.15) is 0 Å². The first-order chi connectivity index (χ1) is 17.1. The summed E-state index contributed by atoms with van der Waals surface area (Å²) in [6.45, 7) is 3.10. The Morgan fingerprint density at radius 2 is 1.56 bits per heavy atom. The topological polar surface area (TPSA) is 132 Å². The number of nitrogens with zero attached hydrogens (tertiary/aromatic N) is 2. The second-order valence-electron chi connectivity index (χ2n) is 8.34. The first-order valence-corrected chi connectivity index (χ1v) is 13.3. The van der Waals surface area contributed by atoms with Crippen molar-refractivity contribution in [3.63, 3.8) is 0 Å². The van der Waals surface area contributed by atoms with Crippen molar-refractivity contribution in [2.24, 2.45) is 0 Å². The lowest BCUT2D eigenvalue weighted by atomic mass is 9.99. The number of hydrogen-bond donors (Lipinski definition) is 2. The van der Waals surface area contributed by atoms with Crippen LogP contribution in [0.2, 0.25) is 5.02 Å². The molecule has 0 atom stereocenters. The van der Waals surface area contributed by atoms with Crippen LogP contribution < -0.4 is 0 Å². The van der Waals surface area contributed by atoms with Crippen LogP contribution in [0.1, 0.15) is 36.0 Å². The maximum absolute atomic E-state index is 13.1. The standard InChI is InChI=1S/C21H23ClN2O3S.C4H4O4/c22-17-14-18(16-8-3-1-4-9-16)20-19(15-17)28(26,27)24(21(20)25)13-7-12-23-10-5-2-6-11-23;5-3(6)1-2-4(7)8/h1,3-4,8-9,14-15H,2,5-7,10-13H2;1-2H,(H,5,6)(H,7,8)/b;2-1+. The van der Waals surface area contributed by atoms with E-state index in [2.05, 4.69) is 4.90 Å². The van der Waals surface area contributed by atoms with Crippen LogP contribution in [0.3, 0.4) is 0 Å². The summed E-state index contributed by atoms with van der Waals surface area (Å²) in [6, 6.07) is 12.3. The first kappa shape index (κ1) is 27.4. The Bertz CT molecular complexity index is 1240. The number of carboxylic acid groups (broad SMARTS) is 2. The predicted octanol–water partition coefficient (Wildman–Crippen LogP) is 3.74. The van der Waals surface area contributed by atoms with Gasteiger partial charge in [0.2, 0.25) is 0 Å². The van der Waals surface area contributed by atoms with Crippen LogP contribution in [0, 0.1) is 0 Å². The number of rotatable bonds is 7. The van der Waals surface area contributed by atoms with Gasteiger partial charge in [-0.25, -0.2) is 22.3 Å². The maximum atomic E-state index is 13.1. The second kappa shape index (κ2) is 12.2. The molecule has 11 heteroatoms. The number of aliphatic carboxylic acids is 2. The molecule has 0 bridgehead atoms. The summed E-state index contributed by atoms with van der Waals surface area (Å²) in [4.78, 5) is 34.6. The van der Waals surface area contributed by atoms with E-state index < -0.39 is 27.9 Å². The Morgan fingerprint density at radius 1 is 0.944 bits per heavy atom. The Labute approximate surface area is 214 Å². The van der Waals surface area contributed by atoms with Crippen molar-refractivity contribution < 1.29 is 33.0 Å². The van der Waals surface area contributed by atoms with E-state index in [0.29, 0.717) is 29.2 Å². The number of benzene rings is 2. The van der Waals surface area contributed by atoms with Crippen LogP contribution in [-0.2, 0) is 19.6 Å². The molecule has 36 heavy (non-hydrogen) atoms. The zero-order valence-electron chi connectivity index (χ0n) is 19.5. The number of halogens is 1. The van der Waals surface area contributed by atoms with Gasteiger partial charge >= 0.3 is 11.9 Å². The summed E-state index contributed by atoms with van der Waals surface area (Å²) in [5.74, 6) is -2.97. The van der Waals surface area contributed by atoms with Gasteiger partial charge in [-0.1, -0.05) is 48.4 Å². The third-order valence-corrected chi connectivity index (χ3v) is 7.84. The number of hydrogen-bond acceptors (Lipinski definition) is 6. The number of amides is 1. The molecule has 192 valence electrons. The van der Waals surface area contributed by atoms with Gasteiger partial charge in [0, 0.05) is 23.7 Å². The van der Waals surface area contributed by atoms with E-state index >= 15 is 0 Å². The fourth-order valence-electron chi connectivity index (χ4n) is 4.19. The normalized spacial score (nSPS) is 16.9. The molecule has 2 heterocycles. The van der Waals surface area contributed by atoms with Gasteiger partial charge in [0.1, 0.15) is 4.90 Å². The molecular formula is C25H27ClN2O7S. The van der Waals surface area contributed by atoms with Crippen molar-refractivity contribution in [2.75, 3.05) is 26.2 Å². The van der Waals surface area contributed by atoms with E-state index in [0.717, 1.165) is 29.5 Å². The van der Waals surface area contributed by atoms with E-state index in [1.807, 2.05) is 30.3 Å². The molecule has 9 nitrogen and oxygen atoms in total. The number of carbonyl (C=O) groups is 3. The fourth-order valence-corrected chi connectivity index (χ4v) is 6.12. The van der Waals surface area contributed by atoms with E-state index in [4.69, 9.17) is 21.8 Å². The number of carbonyl (C=O) groups excluding carboxylic acids is 1. The summed E-state index contributed by atoms with van der Waals surface area (Å²) < 4.78 is 27.1. The van der Waals surface area contributed by atoms with Crippen LogP contribution in [0.4, 0.5) is 0 Å². The third-order valence-electron chi connectivity index (χ3n) is 5.81. The van der Waals surface area contributed by atoms with E-state index in [1.54, 1.807) is 6.07 Å². The van der Waals surface area contributed by atoms with Crippen LogP contribution in [0.15, 0.2) is 59.5 Å². The lowest BCUT2D eigenvalue weighted by Crippen LogP contribution is -2.35. The number of fused-ring (bicyclic) bond motifs is 1. The summed E-state index contributed by atoms with van der Waals surface area (Å²) >= 11 is 6.21. The number of piperidine rings is 1. The molecule has 0 unspecified atom stereocenters. The zero-order chi connectivity index (χ0) is 26.3. The molecule has 2 aliphatic heterocycles. The molecule has 0 aromatic heterocycles. The SMILES string of the molecule is O=C(O)/C=C/C(=O)O.O=C1c2c(-c3ccccc3)cc(Cl)cc2S(=O)(=O)N1CCCN1CCCCC1. The molecule has 0 radical (unpaired) electrons. The Balaban J connectivity index is 0.000000392. The minimum atomic E-state index is -3.87. The lowest BCUT2D eigenvalue weighted by molar-refractivity contribution is -0.134. The third kappa shape index (κ3) is 6.71. The van der Waals surface area contributed by atoms with Crippen molar-refractivity contribution in [1.29, 1.82) is 0 Å². The van der Waals surface area contributed by atoms with Gasteiger partial charge < -0.3 is 15.1 Å². The number of sulfonamides is 1. The van der Waals surface area contributed by atoms with Crippen LogP contribution in [0.25, 0.3) is 11.1 Å². The van der Waals surface area contributed by atoms with Gasteiger partial charge in [-0.3, -0.25) is 4.79 Å². The van der Waals surface area contributed by atoms with Crippen LogP contribution in [-0.4, -0.2) is 71.9 Å². The molecule has 4 rings (SSSR count). The summed E-state index contributed by atoms with van der Waals surface area (Å²) in [5.41, 5.74) is 1.57. The number of carboxylic acids is 2. The van der Waals surface area contributed by atoms with Crippen molar-refractivity contribution >= 4 is 39.5 Å². The highest BCUT2D eigenvalue weighted by Crippen LogP contribution is 2.39. The molecule has 2 aliphatic rings. The number of likely N-dealkylation sites (tertiary alicyclic amines) is 1. The average molecular weight is 535 g/mol. The van der Waals surface area contributed by atoms with Gasteiger partial charge in [-0.05, 0) is 62.2 Å². The molecule has 0 spiro atoms. The van der Waals surface area contributed by atoms with Crippen molar-refractivity contribution in [1.82, 2.24) is 9.21 Å². The quantitative estimate of drug-likeness (QED) is 0.513. The van der Waals surface area contributed by atoms with Crippen molar-refractivity contribution in [2.45, 2.75) is 30.6 Å². The van der Waals surface area contributed by atoms with Gasteiger partial charge in [0.05, 0.1) is 5.56 Å². The molecule has 2 aromatic rings. The fraction of sp³-hybridized carbons (Fsp3) is 0.320. The molecule has 0 aliphatic carbocycles. The second-order valence-corrected chi connectivity index (χ2v) is 10.6. The minimum Gasteiger partial charge on any atom is -0.478 e. The summed E-state index contributed by atoms with van der Waals surface area (Å²) in [7, 11) is -3.87. The molecule has 2 aromatic carbocycles.